The molecule has 0 fully saturated rings. The molecule has 3 aromatic rings. The molecule has 0 aliphatic rings. The zero-order valence-electron chi connectivity index (χ0n) is 15.9. The van der Waals surface area contributed by atoms with Gasteiger partial charge in [0.05, 0.1) is 12.2 Å². The standard InChI is InChI=1S/C22H16F3N3O3/c23-16-10-11-17(20(25)19(16)24)28-18(29)12-26-21(30)14-6-8-15(9-7-14)27-22(31)13-4-2-1-3-5-13/h1-11H,12H2,(H,26,30)(H,27,31)(H,28,29). The van der Waals surface area contributed by atoms with Crippen molar-refractivity contribution in [3.63, 3.8) is 0 Å². The van der Waals surface area contributed by atoms with E-state index in [2.05, 4.69) is 10.6 Å². The number of anilines is 2. The summed E-state index contributed by atoms with van der Waals surface area (Å²) >= 11 is 0. The fourth-order valence-electron chi connectivity index (χ4n) is 2.58. The minimum Gasteiger partial charge on any atom is -0.343 e. The van der Waals surface area contributed by atoms with Crippen molar-refractivity contribution < 1.29 is 27.6 Å². The molecule has 0 radical (unpaired) electrons. The Hall–Kier alpha value is -4.14. The van der Waals surface area contributed by atoms with E-state index in [-0.39, 0.29) is 11.5 Å². The van der Waals surface area contributed by atoms with E-state index in [0.717, 1.165) is 6.07 Å². The quantitative estimate of drug-likeness (QED) is 0.524. The van der Waals surface area contributed by atoms with E-state index < -0.39 is 41.5 Å². The summed E-state index contributed by atoms with van der Waals surface area (Å²) in [5.41, 5.74) is 0.617. The molecule has 31 heavy (non-hydrogen) atoms. The lowest BCUT2D eigenvalue weighted by atomic mass is 10.1. The first kappa shape index (κ1) is 21.6. The molecule has 0 aliphatic heterocycles. The molecule has 0 atom stereocenters. The van der Waals surface area contributed by atoms with Crippen LogP contribution >= 0.6 is 0 Å². The van der Waals surface area contributed by atoms with E-state index in [1.807, 2.05) is 5.32 Å². The molecule has 0 heterocycles. The molecule has 0 aromatic heterocycles. The molecule has 3 N–H and O–H groups in total. The van der Waals surface area contributed by atoms with Crippen LogP contribution in [-0.2, 0) is 4.79 Å². The molecule has 0 aliphatic carbocycles. The van der Waals surface area contributed by atoms with Gasteiger partial charge in [-0.25, -0.2) is 13.2 Å². The Kier molecular flexibility index (Phi) is 6.66. The smallest absolute Gasteiger partial charge is 0.255 e. The lowest BCUT2D eigenvalue weighted by Crippen LogP contribution is -2.33. The van der Waals surface area contributed by atoms with E-state index in [0.29, 0.717) is 17.3 Å². The maximum atomic E-state index is 13.6. The summed E-state index contributed by atoms with van der Waals surface area (Å²) in [6, 6.07) is 16.1. The predicted molar refractivity (Wildman–Crippen MR) is 108 cm³/mol. The number of hydrogen-bond acceptors (Lipinski definition) is 3. The van der Waals surface area contributed by atoms with Crippen LogP contribution in [0.5, 0.6) is 0 Å². The number of carbonyl (C=O) groups excluding carboxylic acids is 3. The number of benzene rings is 3. The fraction of sp³-hybridized carbons (Fsp3) is 0.0455. The normalized spacial score (nSPS) is 10.3. The molecule has 158 valence electrons. The van der Waals surface area contributed by atoms with E-state index in [4.69, 9.17) is 0 Å². The number of rotatable bonds is 6. The van der Waals surface area contributed by atoms with Crippen molar-refractivity contribution in [3.05, 3.63) is 95.3 Å². The van der Waals surface area contributed by atoms with Gasteiger partial charge in [-0.15, -0.1) is 0 Å². The van der Waals surface area contributed by atoms with Crippen LogP contribution in [0.2, 0.25) is 0 Å². The van der Waals surface area contributed by atoms with Crippen LogP contribution in [0.15, 0.2) is 66.7 Å². The topological polar surface area (TPSA) is 87.3 Å². The van der Waals surface area contributed by atoms with Crippen molar-refractivity contribution in [2.45, 2.75) is 0 Å². The third-order valence-corrected chi connectivity index (χ3v) is 4.16. The molecule has 6 nitrogen and oxygen atoms in total. The summed E-state index contributed by atoms with van der Waals surface area (Å²) in [5, 5.41) is 7.06. The first-order valence-corrected chi connectivity index (χ1v) is 9.03. The average molecular weight is 427 g/mol. The van der Waals surface area contributed by atoms with E-state index in [9.17, 15) is 27.6 Å². The summed E-state index contributed by atoms with van der Waals surface area (Å²) in [5.74, 6) is -6.35. The number of nitrogens with one attached hydrogen (secondary N) is 3. The Morgan fingerprint density at radius 1 is 0.677 bits per heavy atom. The van der Waals surface area contributed by atoms with Crippen molar-refractivity contribution in [3.8, 4) is 0 Å². The Bertz CT molecular complexity index is 1120. The lowest BCUT2D eigenvalue weighted by molar-refractivity contribution is -0.115. The average Bonchev–Trinajstić information content (AvgIpc) is 2.79. The molecule has 0 unspecified atom stereocenters. The molecule has 0 bridgehead atoms. The highest BCUT2D eigenvalue weighted by Crippen LogP contribution is 2.19. The minimum absolute atomic E-state index is 0.213. The van der Waals surface area contributed by atoms with Crippen LogP contribution in [-0.4, -0.2) is 24.3 Å². The van der Waals surface area contributed by atoms with Gasteiger partial charge in [0, 0.05) is 16.8 Å². The zero-order chi connectivity index (χ0) is 22.4. The second-order valence-electron chi connectivity index (χ2n) is 6.35. The lowest BCUT2D eigenvalue weighted by Gasteiger charge is -2.09. The van der Waals surface area contributed by atoms with Gasteiger partial charge in [-0.05, 0) is 48.5 Å². The van der Waals surface area contributed by atoms with Gasteiger partial charge < -0.3 is 16.0 Å². The van der Waals surface area contributed by atoms with E-state index >= 15 is 0 Å². The second kappa shape index (κ2) is 9.57. The van der Waals surface area contributed by atoms with Crippen molar-refractivity contribution >= 4 is 29.1 Å². The SMILES string of the molecule is O=C(CNC(=O)c1ccc(NC(=O)c2ccccc2)cc1)Nc1ccc(F)c(F)c1F. The summed E-state index contributed by atoms with van der Waals surface area (Å²) in [4.78, 5) is 36.1. The third-order valence-electron chi connectivity index (χ3n) is 4.16. The van der Waals surface area contributed by atoms with Crippen LogP contribution in [0, 0.1) is 17.5 Å². The van der Waals surface area contributed by atoms with Gasteiger partial charge in [0.1, 0.15) is 0 Å². The van der Waals surface area contributed by atoms with Crippen LogP contribution in [0.3, 0.4) is 0 Å². The fourth-order valence-corrected chi connectivity index (χ4v) is 2.58. The van der Waals surface area contributed by atoms with E-state index in [1.54, 1.807) is 30.3 Å². The van der Waals surface area contributed by atoms with E-state index in [1.165, 1.54) is 24.3 Å². The molecule has 3 aromatic carbocycles. The van der Waals surface area contributed by atoms with Gasteiger partial charge in [-0.3, -0.25) is 14.4 Å². The summed E-state index contributed by atoms with van der Waals surface area (Å²) in [6.45, 7) is -0.524. The van der Waals surface area contributed by atoms with Gasteiger partial charge >= 0.3 is 0 Å². The largest absolute Gasteiger partial charge is 0.343 e. The first-order chi connectivity index (χ1) is 14.8. The van der Waals surface area contributed by atoms with Crippen LogP contribution < -0.4 is 16.0 Å². The maximum Gasteiger partial charge on any atom is 0.255 e. The van der Waals surface area contributed by atoms with Gasteiger partial charge in [0.25, 0.3) is 11.8 Å². The monoisotopic (exact) mass is 427 g/mol. The minimum atomic E-state index is -1.71. The van der Waals surface area contributed by atoms with Gasteiger partial charge in [0.15, 0.2) is 17.5 Å². The molecule has 3 amide bonds. The Labute approximate surface area is 175 Å². The molecular formula is C22H16F3N3O3. The van der Waals surface area contributed by atoms with Crippen molar-refractivity contribution in [2.24, 2.45) is 0 Å². The first-order valence-electron chi connectivity index (χ1n) is 9.03. The predicted octanol–water partition coefficient (Wildman–Crippen LogP) is 3.72. The van der Waals surface area contributed by atoms with Crippen LogP contribution in [0.1, 0.15) is 20.7 Å². The summed E-state index contributed by atoms with van der Waals surface area (Å²) in [6.07, 6.45) is 0. The highest BCUT2D eigenvalue weighted by atomic mass is 19.2. The Morgan fingerprint density at radius 3 is 2.00 bits per heavy atom. The molecule has 0 spiro atoms. The number of halogens is 3. The van der Waals surface area contributed by atoms with Gasteiger partial charge in [0.2, 0.25) is 5.91 Å². The number of hydrogen-bond donors (Lipinski definition) is 3. The van der Waals surface area contributed by atoms with Gasteiger partial charge in [-0.2, -0.15) is 0 Å². The Balaban J connectivity index is 1.53. The van der Waals surface area contributed by atoms with Crippen LogP contribution in [0.4, 0.5) is 24.5 Å². The Morgan fingerprint density at radius 2 is 1.32 bits per heavy atom. The highest BCUT2D eigenvalue weighted by Gasteiger charge is 2.16. The number of carbonyl (C=O) groups is 3. The highest BCUT2D eigenvalue weighted by molar-refractivity contribution is 6.04. The van der Waals surface area contributed by atoms with Gasteiger partial charge in [-0.1, -0.05) is 18.2 Å². The third kappa shape index (κ3) is 5.47. The van der Waals surface area contributed by atoms with Crippen molar-refractivity contribution in [1.29, 1.82) is 0 Å². The van der Waals surface area contributed by atoms with Crippen molar-refractivity contribution in [1.82, 2.24) is 5.32 Å². The second-order valence-corrected chi connectivity index (χ2v) is 6.35. The number of amides is 3. The molecule has 9 heteroatoms. The molecular weight excluding hydrogens is 411 g/mol. The molecule has 3 rings (SSSR count). The summed E-state index contributed by atoms with van der Waals surface area (Å²) in [7, 11) is 0. The van der Waals surface area contributed by atoms with Crippen LogP contribution in [0.25, 0.3) is 0 Å². The molecule has 0 saturated heterocycles. The summed E-state index contributed by atoms with van der Waals surface area (Å²) < 4.78 is 39.7. The molecule has 0 saturated carbocycles. The van der Waals surface area contributed by atoms with Crippen molar-refractivity contribution in [2.75, 3.05) is 17.2 Å². The maximum absolute atomic E-state index is 13.6. The zero-order valence-corrected chi connectivity index (χ0v) is 15.9.